The lowest BCUT2D eigenvalue weighted by Crippen LogP contribution is -1.86. The van der Waals surface area contributed by atoms with E-state index in [0.29, 0.717) is 0 Å². The second-order valence-electron chi connectivity index (χ2n) is 2.47. The molecule has 0 aliphatic heterocycles. The molecule has 1 N–H and O–H groups in total. The molecule has 0 spiro atoms. The Kier molecular flexibility index (Phi) is 3.99. The number of rotatable bonds is 3. The summed E-state index contributed by atoms with van der Waals surface area (Å²) in [5.74, 6) is 0.799. The van der Waals surface area contributed by atoms with Crippen LogP contribution in [0.4, 0.5) is 0 Å². The molecular weight excluding hydrogens is 232 g/mol. The summed E-state index contributed by atoms with van der Waals surface area (Å²) < 4.78 is 6.14. The topological polar surface area (TPSA) is 29.5 Å². The number of aliphatic hydroxyl groups is 1. The molecule has 0 radical (unpaired) electrons. The van der Waals surface area contributed by atoms with Crippen LogP contribution in [-0.2, 0) is 0 Å². The fourth-order valence-electron chi connectivity index (χ4n) is 1.02. The summed E-state index contributed by atoms with van der Waals surface area (Å²) in [6.45, 7) is 0.0374. The van der Waals surface area contributed by atoms with Crippen LogP contribution in [0.3, 0.4) is 0 Å². The van der Waals surface area contributed by atoms with Gasteiger partial charge in [0.2, 0.25) is 0 Å². The molecule has 0 heterocycles. The number of benzene rings is 1. The first kappa shape index (κ1) is 10.3. The van der Waals surface area contributed by atoms with E-state index in [4.69, 9.17) is 9.84 Å². The lowest BCUT2D eigenvalue weighted by Gasteiger charge is -2.04. The average Bonchev–Trinajstić information content (AvgIpc) is 2.15. The molecule has 0 saturated heterocycles. The molecule has 1 rings (SSSR count). The molecule has 0 saturated carbocycles. The van der Waals surface area contributed by atoms with E-state index in [9.17, 15) is 0 Å². The maximum Gasteiger partial charge on any atom is 0.126 e. The molecule has 3 heteroatoms. The lowest BCUT2D eigenvalue weighted by atomic mass is 10.2. The Morgan fingerprint density at radius 3 is 2.92 bits per heavy atom. The van der Waals surface area contributed by atoms with E-state index in [-0.39, 0.29) is 6.61 Å². The maximum atomic E-state index is 8.62. The second-order valence-corrected chi connectivity index (χ2v) is 3.39. The zero-order valence-electron chi connectivity index (χ0n) is 7.33. The summed E-state index contributed by atoms with van der Waals surface area (Å²) in [5, 5.41) is 8.62. The van der Waals surface area contributed by atoms with Gasteiger partial charge in [-0.3, -0.25) is 0 Å². The summed E-state index contributed by atoms with van der Waals surface area (Å²) in [5.41, 5.74) is 0.950. The fourth-order valence-corrected chi connectivity index (χ4v) is 1.39. The van der Waals surface area contributed by atoms with Gasteiger partial charge in [-0.25, -0.2) is 0 Å². The van der Waals surface area contributed by atoms with Crippen LogP contribution in [0.1, 0.15) is 5.56 Å². The molecule has 0 atom stereocenters. The Bertz CT molecular complexity index is 308. The third kappa shape index (κ3) is 2.86. The van der Waals surface area contributed by atoms with Crippen LogP contribution < -0.4 is 4.74 Å². The Labute approximate surface area is 86.0 Å². The zero-order chi connectivity index (χ0) is 9.68. The van der Waals surface area contributed by atoms with Crippen molar-refractivity contribution in [2.24, 2.45) is 0 Å². The van der Waals surface area contributed by atoms with Crippen molar-refractivity contribution in [1.82, 2.24) is 0 Å². The third-order valence-electron chi connectivity index (χ3n) is 1.59. The molecule has 0 bridgehead atoms. The van der Waals surface area contributed by atoms with Gasteiger partial charge in [0.25, 0.3) is 0 Å². The summed E-state index contributed by atoms with van der Waals surface area (Å²) in [4.78, 5) is 0. The number of methoxy groups -OCH3 is 1. The Hall–Kier alpha value is -0.800. The summed E-state index contributed by atoms with van der Waals surface area (Å²) in [6, 6.07) is 5.72. The number of aliphatic hydroxyl groups excluding tert-OH is 1. The van der Waals surface area contributed by atoms with Gasteiger partial charge in [-0.15, -0.1) is 0 Å². The van der Waals surface area contributed by atoms with Crippen LogP contribution >= 0.6 is 15.9 Å². The fraction of sp³-hybridized carbons (Fsp3) is 0.200. The van der Waals surface area contributed by atoms with Crippen molar-refractivity contribution in [2.45, 2.75) is 0 Å². The minimum absolute atomic E-state index is 0.0374. The Balaban J connectivity index is 3.01. The Morgan fingerprint density at radius 1 is 1.54 bits per heavy atom. The average molecular weight is 243 g/mol. The molecule has 0 aliphatic carbocycles. The van der Waals surface area contributed by atoms with Gasteiger partial charge in [0.05, 0.1) is 13.7 Å². The molecule has 13 heavy (non-hydrogen) atoms. The first-order valence-corrected chi connectivity index (χ1v) is 4.68. The summed E-state index contributed by atoms with van der Waals surface area (Å²) in [7, 11) is 1.62. The molecule has 2 nitrogen and oxygen atoms in total. The monoisotopic (exact) mass is 242 g/mol. The van der Waals surface area contributed by atoms with Crippen molar-refractivity contribution < 1.29 is 9.84 Å². The third-order valence-corrected chi connectivity index (χ3v) is 2.09. The molecule has 0 aliphatic rings. The van der Waals surface area contributed by atoms with Gasteiger partial charge in [0, 0.05) is 10.0 Å². The number of hydrogen-bond donors (Lipinski definition) is 1. The van der Waals surface area contributed by atoms with Crippen molar-refractivity contribution in [3.63, 3.8) is 0 Å². The smallest absolute Gasteiger partial charge is 0.126 e. The molecule has 70 valence electrons. The van der Waals surface area contributed by atoms with Crippen LogP contribution in [-0.4, -0.2) is 18.8 Å². The highest BCUT2D eigenvalue weighted by Crippen LogP contribution is 2.23. The highest BCUT2D eigenvalue weighted by molar-refractivity contribution is 9.10. The predicted molar refractivity (Wildman–Crippen MR) is 56.8 cm³/mol. The summed E-state index contributed by atoms with van der Waals surface area (Å²) >= 11 is 3.37. The van der Waals surface area contributed by atoms with Crippen LogP contribution in [0, 0.1) is 0 Å². The minimum Gasteiger partial charge on any atom is -0.496 e. The zero-order valence-corrected chi connectivity index (χ0v) is 8.91. The summed E-state index contributed by atoms with van der Waals surface area (Å²) in [6.07, 6.45) is 3.49. The predicted octanol–water partition coefficient (Wildman–Crippen LogP) is 2.46. The van der Waals surface area contributed by atoms with E-state index in [0.717, 1.165) is 15.8 Å². The Morgan fingerprint density at radius 2 is 2.31 bits per heavy atom. The van der Waals surface area contributed by atoms with Crippen molar-refractivity contribution in [1.29, 1.82) is 0 Å². The van der Waals surface area contributed by atoms with Gasteiger partial charge < -0.3 is 9.84 Å². The highest BCUT2D eigenvalue weighted by Gasteiger charge is 1.98. The van der Waals surface area contributed by atoms with E-state index in [1.165, 1.54) is 0 Å². The van der Waals surface area contributed by atoms with Crippen LogP contribution in [0.15, 0.2) is 28.7 Å². The molecule has 1 aromatic rings. The SMILES string of the molecule is COc1ccc(Br)cc1/C=C/CO. The minimum atomic E-state index is 0.0374. The largest absolute Gasteiger partial charge is 0.496 e. The molecular formula is C10H11BrO2. The van der Waals surface area contributed by atoms with Crippen molar-refractivity contribution >= 4 is 22.0 Å². The first-order valence-electron chi connectivity index (χ1n) is 3.89. The van der Waals surface area contributed by atoms with Gasteiger partial charge in [-0.05, 0) is 18.2 Å². The van der Waals surface area contributed by atoms with Gasteiger partial charge in [-0.1, -0.05) is 28.1 Å². The second kappa shape index (κ2) is 5.04. The van der Waals surface area contributed by atoms with Crippen molar-refractivity contribution in [3.8, 4) is 5.75 Å². The first-order chi connectivity index (χ1) is 6.27. The van der Waals surface area contributed by atoms with Gasteiger partial charge in [0.1, 0.15) is 5.75 Å². The van der Waals surface area contributed by atoms with E-state index in [1.807, 2.05) is 24.3 Å². The van der Waals surface area contributed by atoms with Crippen molar-refractivity contribution in [3.05, 3.63) is 34.3 Å². The molecule has 0 amide bonds. The maximum absolute atomic E-state index is 8.62. The van der Waals surface area contributed by atoms with E-state index >= 15 is 0 Å². The van der Waals surface area contributed by atoms with Crippen molar-refractivity contribution in [2.75, 3.05) is 13.7 Å². The lowest BCUT2D eigenvalue weighted by molar-refractivity contribution is 0.343. The van der Waals surface area contributed by atoms with E-state index in [2.05, 4.69) is 15.9 Å². The van der Waals surface area contributed by atoms with E-state index < -0.39 is 0 Å². The standard InChI is InChI=1S/C10H11BrO2/c1-13-10-5-4-9(11)7-8(10)3-2-6-12/h2-5,7,12H,6H2,1H3/b3-2+. The molecule has 1 aromatic carbocycles. The normalized spacial score (nSPS) is 10.7. The molecule has 0 fully saturated rings. The quantitative estimate of drug-likeness (QED) is 0.883. The van der Waals surface area contributed by atoms with Gasteiger partial charge in [0.15, 0.2) is 0 Å². The molecule has 0 aromatic heterocycles. The number of halogens is 1. The number of ether oxygens (including phenoxy) is 1. The van der Waals surface area contributed by atoms with Gasteiger partial charge in [-0.2, -0.15) is 0 Å². The molecule has 0 unspecified atom stereocenters. The number of hydrogen-bond acceptors (Lipinski definition) is 2. The van der Waals surface area contributed by atoms with Crippen LogP contribution in [0.25, 0.3) is 6.08 Å². The van der Waals surface area contributed by atoms with Crippen LogP contribution in [0.2, 0.25) is 0 Å². The van der Waals surface area contributed by atoms with E-state index in [1.54, 1.807) is 13.2 Å². The van der Waals surface area contributed by atoms with Gasteiger partial charge >= 0.3 is 0 Å². The van der Waals surface area contributed by atoms with Crippen LogP contribution in [0.5, 0.6) is 5.75 Å². The highest BCUT2D eigenvalue weighted by atomic mass is 79.9.